The van der Waals surface area contributed by atoms with Crippen molar-refractivity contribution in [3.63, 3.8) is 0 Å². The molecule has 10 aromatic rings. The van der Waals surface area contributed by atoms with Gasteiger partial charge in [0.15, 0.2) is 0 Å². The van der Waals surface area contributed by atoms with Gasteiger partial charge in [0.05, 0.1) is 0 Å². The smallest absolute Gasteiger partial charge is 0.0492 e. The van der Waals surface area contributed by atoms with Crippen molar-refractivity contribution in [2.45, 2.75) is 44.6 Å². The highest BCUT2D eigenvalue weighted by Crippen LogP contribution is 2.59. The van der Waals surface area contributed by atoms with Crippen molar-refractivity contribution in [2.75, 3.05) is 4.90 Å². The van der Waals surface area contributed by atoms with Crippen LogP contribution in [0, 0.1) is 5.92 Å². The van der Waals surface area contributed by atoms with Crippen molar-refractivity contribution < 1.29 is 0 Å². The molecule has 3 atom stereocenters. The third kappa shape index (κ3) is 5.17. The van der Waals surface area contributed by atoms with Crippen LogP contribution < -0.4 is 4.90 Å². The average Bonchev–Trinajstić information content (AvgIpc) is 3.55. The minimum absolute atomic E-state index is 0.0402. The molecule has 1 aliphatic carbocycles. The van der Waals surface area contributed by atoms with E-state index in [1.807, 2.05) is 0 Å². The lowest BCUT2D eigenvalue weighted by Gasteiger charge is -2.45. The SMILES string of the molecule is CC1CCC2(C)C(C1)c1cc(-c3cc(-c4ccccc4)c4ccc5c(-c6cccc7ccccc67)cc(-c6ccccc6)c6ccc3c4c65)ccc1N2c1ccccc1. The Kier molecular flexibility index (Phi) is 7.66. The standard InChI is InChI=1S/C58H45N/c1-37-31-32-58(2)54(33-37)53-34-41(25-30-55(53)59(58)42-21-10-5-11-22-42)51-35-49(39-15-6-3-7-16-39)45-28-29-48-52(44-24-14-20-38-19-12-13-23-43(38)44)36-50(40-17-8-4-9-18-40)46-26-27-47(51)56(45)57(46)48/h3-30,34-37,54H,31-33H2,1-2H3. The predicted octanol–water partition coefficient (Wildman–Crippen LogP) is 16.2. The van der Waals surface area contributed by atoms with E-state index in [0.717, 1.165) is 0 Å². The van der Waals surface area contributed by atoms with Gasteiger partial charge >= 0.3 is 0 Å². The molecule has 10 aromatic carbocycles. The van der Waals surface area contributed by atoms with E-state index >= 15 is 0 Å². The number of anilines is 2. The summed E-state index contributed by atoms with van der Waals surface area (Å²) in [5.74, 6) is 1.17. The summed E-state index contributed by atoms with van der Waals surface area (Å²) in [5, 5.41) is 10.4. The molecule has 1 nitrogen and oxygen atoms in total. The monoisotopic (exact) mass is 755 g/mol. The molecule has 2 aliphatic rings. The summed E-state index contributed by atoms with van der Waals surface area (Å²) < 4.78 is 0. The van der Waals surface area contributed by atoms with E-state index in [1.165, 1.54) is 124 Å². The summed E-state index contributed by atoms with van der Waals surface area (Å²) in [5.41, 5.74) is 14.4. The first-order valence-corrected chi connectivity index (χ1v) is 21.4. The van der Waals surface area contributed by atoms with Crippen LogP contribution in [0.4, 0.5) is 11.4 Å². The van der Waals surface area contributed by atoms with Crippen LogP contribution in [0.2, 0.25) is 0 Å². The van der Waals surface area contributed by atoms with E-state index < -0.39 is 0 Å². The Labute approximate surface area is 346 Å². The number of fused-ring (bicyclic) bond motifs is 4. The van der Waals surface area contributed by atoms with Crippen LogP contribution >= 0.6 is 0 Å². The van der Waals surface area contributed by atoms with E-state index in [2.05, 4.69) is 207 Å². The van der Waals surface area contributed by atoms with Crippen molar-refractivity contribution >= 4 is 54.5 Å². The zero-order valence-corrected chi connectivity index (χ0v) is 33.6. The van der Waals surface area contributed by atoms with Crippen molar-refractivity contribution in [1.29, 1.82) is 0 Å². The second-order valence-electron chi connectivity index (χ2n) is 17.5. The van der Waals surface area contributed by atoms with Gasteiger partial charge in [0, 0.05) is 22.8 Å². The van der Waals surface area contributed by atoms with Gasteiger partial charge in [-0.05, 0) is 162 Å². The zero-order valence-electron chi connectivity index (χ0n) is 33.6. The molecule has 0 radical (unpaired) electrons. The normalized spacial score (nSPS) is 18.8. The Bertz CT molecular complexity index is 3210. The minimum Gasteiger partial charge on any atom is -0.335 e. The number of rotatable bonds is 5. The molecule has 1 heterocycles. The van der Waals surface area contributed by atoms with Gasteiger partial charge in [0.1, 0.15) is 0 Å². The van der Waals surface area contributed by atoms with Gasteiger partial charge in [0.25, 0.3) is 0 Å². The van der Waals surface area contributed by atoms with Crippen LogP contribution in [0.15, 0.2) is 188 Å². The van der Waals surface area contributed by atoms with Crippen LogP contribution in [0.3, 0.4) is 0 Å². The molecule has 0 saturated heterocycles. The van der Waals surface area contributed by atoms with E-state index in [4.69, 9.17) is 0 Å². The van der Waals surface area contributed by atoms with Crippen LogP contribution in [0.25, 0.3) is 87.6 Å². The van der Waals surface area contributed by atoms with Crippen molar-refractivity contribution in [1.82, 2.24) is 0 Å². The average molecular weight is 756 g/mol. The topological polar surface area (TPSA) is 3.24 Å². The molecule has 3 unspecified atom stereocenters. The summed E-state index contributed by atoms with van der Waals surface area (Å²) >= 11 is 0. The summed E-state index contributed by atoms with van der Waals surface area (Å²) in [6, 6.07) is 70.8. The lowest BCUT2D eigenvalue weighted by atomic mass is 9.69. The summed E-state index contributed by atoms with van der Waals surface area (Å²) in [7, 11) is 0. The van der Waals surface area contributed by atoms with Crippen LogP contribution in [-0.4, -0.2) is 5.54 Å². The first kappa shape index (κ1) is 34.4. The van der Waals surface area contributed by atoms with E-state index in [1.54, 1.807) is 0 Å². The van der Waals surface area contributed by atoms with E-state index in [-0.39, 0.29) is 5.54 Å². The number of nitrogens with zero attached hydrogens (tertiary/aromatic N) is 1. The molecule has 59 heavy (non-hydrogen) atoms. The lowest BCUT2D eigenvalue weighted by molar-refractivity contribution is 0.237. The fourth-order valence-electron chi connectivity index (χ4n) is 11.3. The second-order valence-corrected chi connectivity index (χ2v) is 17.5. The molecule has 0 bridgehead atoms. The highest BCUT2D eigenvalue weighted by atomic mass is 15.2. The highest BCUT2D eigenvalue weighted by molar-refractivity contribution is 6.32. The summed E-state index contributed by atoms with van der Waals surface area (Å²) in [4.78, 5) is 2.68. The third-order valence-electron chi connectivity index (χ3n) is 14.2. The summed E-state index contributed by atoms with van der Waals surface area (Å²) in [6.45, 7) is 4.98. The lowest BCUT2D eigenvalue weighted by Crippen LogP contribution is -2.46. The predicted molar refractivity (Wildman–Crippen MR) is 252 cm³/mol. The van der Waals surface area contributed by atoms with Gasteiger partial charge in [-0.3, -0.25) is 0 Å². The van der Waals surface area contributed by atoms with Crippen LogP contribution in [0.5, 0.6) is 0 Å². The largest absolute Gasteiger partial charge is 0.335 e. The van der Waals surface area contributed by atoms with Gasteiger partial charge in [-0.15, -0.1) is 0 Å². The molecular weight excluding hydrogens is 711 g/mol. The Morgan fingerprint density at radius 1 is 0.458 bits per heavy atom. The Morgan fingerprint density at radius 2 is 1.00 bits per heavy atom. The first-order valence-electron chi connectivity index (χ1n) is 21.4. The molecule has 0 spiro atoms. The molecule has 0 amide bonds. The highest BCUT2D eigenvalue weighted by Gasteiger charge is 2.51. The third-order valence-corrected chi connectivity index (χ3v) is 14.2. The molecule has 1 heteroatoms. The molecule has 0 aromatic heterocycles. The molecule has 282 valence electrons. The quantitative estimate of drug-likeness (QED) is 0.158. The van der Waals surface area contributed by atoms with Gasteiger partial charge in [0.2, 0.25) is 0 Å². The maximum atomic E-state index is 2.68. The zero-order chi connectivity index (χ0) is 39.2. The molecule has 12 rings (SSSR count). The molecule has 0 N–H and O–H groups in total. The number of hydrogen-bond donors (Lipinski definition) is 0. The molecule has 1 aliphatic heterocycles. The summed E-state index contributed by atoms with van der Waals surface area (Å²) in [6.07, 6.45) is 3.67. The Morgan fingerprint density at radius 3 is 1.66 bits per heavy atom. The first-order chi connectivity index (χ1) is 29.0. The number of para-hydroxylation sites is 1. The van der Waals surface area contributed by atoms with Crippen LogP contribution in [-0.2, 0) is 0 Å². The number of benzene rings is 10. The maximum absolute atomic E-state index is 2.68. The maximum Gasteiger partial charge on any atom is 0.0492 e. The van der Waals surface area contributed by atoms with Gasteiger partial charge < -0.3 is 4.90 Å². The van der Waals surface area contributed by atoms with Gasteiger partial charge in [-0.1, -0.05) is 159 Å². The van der Waals surface area contributed by atoms with Gasteiger partial charge in [-0.25, -0.2) is 0 Å². The molecule has 1 saturated carbocycles. The van der Waals surface area contributed by atoms with Gasteiger partial charge in [-0.2, -0.15) is 0 Å². The second kappa shape index (κ2) is 13.2. The fraction of sp³-hybridized carbons (Fsp3) is 0.138. The Balaban J connectivity index is 1.18. The molecule has 1 fully saturated rings. The minimum atomic E-state index is 0.0402. The van der Waals surface area contributed by atoms with E-state index in [0.29, 0.717) is 11.8 Å². The Hall–Kier alpha value is -6.70. The van der Waals surface area contributed by atoms with E-state index in [9.17, 15) is 0 Å². The van der Waals surface area contributed by atoms with Crippen molar-refractivity contribution in [3.8, 4) is 44.5 Å². The van der Waals surface area contributed by atoms with Crippen LogP contribution in [0.1, 0.15) is 44.6 Å². The van der Waals surface area contributed by atoms with Crippen molar-refractivity contribution in [3.05, 3.63) is 194 Å². The van der Waals surface area contributed by atoms with Crippen molar-refractivity contribution in [2.24, 2.45) is 5.92 Å². The number of hydrogen-bond acceptors (Lipinski definition) is 1. The molecular formula is C58H45N. The fourth-order valence-corrected chi connectivity index (χ4v) is 11.3.